The van der Waals surface area contributed by atoms with Crippen LogP contribution in [0.5, 0.6) is 0 Å². The molecule has 1 aliphatic rings. The molecule has 0 saturated carbocycles. The molecule has 10 heteroatoms. The molecule has 1 aliphatic heterocycles. The lowest BCUT2D eigenvalue weighted by Crippen LogP contribution is -2.48. The highest BCUT2D eigenvalue weighted by Gasteiger charge is 2.22. The van der Waals surface area contributed by atoms with Crippen molar-refractivity contribution >= 4 is 34.9 Å². The summed E-state index contributed by atoms with van der Waals surface area (Å²) in [5.74, 6) is -0.186. The second kappa shape index (κ2) is 8.69. The fourth-order valence-electron chi connectivity index (χ4n) is 2.99. The highest BCUT2D eigenvalue weighted by atomic mass is 35.5. The number of amides is 1. The fourth-order valence-corrected chi connectivity index (χ4v) is 3.46. The molecule has 0 radical (unpaired) electrons. The van der Waals surface area contributed by atoms with Crippen molar-refractivity contribution in [3.63, 3.8) is 0 Å². The SMILES string of the molecule is O=C(CCn1ccc([N+](=O)[O-])n1)N1CCN(Cc2ccc(Cl)cc2Cl)CC1. The molecule has 1 fully saturated rings. The van der Waals surface area contributed by atoms with Gasteiger partial charge in [-0.3, -0.25) is 9.69 Å². The summed E-state index contributed by atoms with van der Waals surface area (Å²) in [7, 11) is 0. The Balaban J connectivity index is 1.45. The van der Waals surface area contributed by atoms with Crippen LogP contribution >= 0.6 is 23.2 Å². The summed E-state index contributed by atoms with van der Waals surface area (Å²) in [5.41, 5.74) is 1.01. The van der Waals surface area contributed by atoms with Gasteiger partial charge in [-0.1, -0.05) is 29.3 Å². The highest BCUT2D eigenvalue weighted by Crippen LogP contribution is 2.22. The topological polar surface area (TPSA) is 84.5 Å². The monoisotopic (exact) mass is 411 g/mol. The number of hydrogen-bond acceptors (Lipinski definition) is 5. The molecular weight excluding hydrogens is 393 g/mol. The molecule has 1 aromatic heterocycles. The molecule has 0 N–H and O–H groups in total. The van der Waals surface area contributed by atoms with Crippen molar-refractivity contribution in [2.24, 2.45) is 0 Å². The van der Waals surface area contributed by atoms with Gasteiger partial charge in [-0.2, -0.15) is 4.68 Å². The Labute approximate surface area is 166 Å². The van der Waals surface area contributed by atoms with Gasteiger partial charge in [0.15, 0.2) is 0 Å². The average Bonchev–Trinajstić information content (AvgIpc) is 3.12. The molecule has 1 amide bonds. The van der Waals surface area contributed by atoms with E-state index in [1.165, 1.54) is 16.9 Å². The van der Waals surface area contributed by atoms with Gasteiger partial charge in [-0.25, -0.2) is 0 Å². The summed E-state index contributed by atoms with van der Waals surface area (Å²) in [6.45, 7) is 3.85. The van der Waals surface area contributed by atoms with Crippen molar-refractivity contribution in [2.75, 3.05) is 26.2 Å². The number of aromatic nitrogens is 2. The van der Waals surface area contributed by atoms with E-state index >= 15 is 0 Å². The van der Waals surface area contributed by atoms with Crippen molar-refractivity contribution in [1.82, 2.24) is 19.6 Å². The predicted octanol–water partition coefficient (Wildman–Crippen LogP) is 2.83. The number of carbonyl (C=O) groups excluding carboxylic acids is 1. The van der Waals surface area contributed by atoms with Crippen LogP contribution in [-0.2, 0) is 17.9 Å². The molecule has 1 aromatic carbocycles. The molecular formula is C17H19Cl2N5O3. The predicted molar refractivity (Wildman–Crippen MR) is 102 cm³/mol. The molecule has 3 rings (SSSR count). The van der Waals surface area contributed by atoms with E-state index in [4.69, 9.17) is 23.2 Å². The van der Waals surface area contributed by atoms with Gasteiger partial charge >= 0.3 is 5.82 Å². The first-order chi connectivity index (χ1) is 12.9. The zero-order chi connectivity index (χ0) is 19.4. The Hall–Kier alpha value is -2.16. The molecule has 27 heavy (non-hydrogen) atoms. The van der Waals surface area contributed by atoms with E-state index in [-0.39, 0.29) is 18.1 Å². The average molecular weight is 412 g/mol. The molecule has 8 nitrogen and oxygen atoms in total. The summed E-state index contributed by atoms with van der Waals surface area (Å²) in [5, 5.41) is 15.7. The molecule has 144 valence electrons. The van der Waals surface area contributed by atoms with Crippen LogP contribution < -0.4 is 0 Å². The van der Waals surface area contributed by atoms with Crippen LogP contribution in [-0.4, -0.2) is 56.6 Å². The first-order valence-corrected chi connectivity index (χ1v) is 9.30. The van der Waals surface area contributed by atoms with Gasteiger partial charge in [-0.05, 0) is 22.6 Å². The van der Waals surface area contributed by atoms with E-state index in [9.17, 15) is 14.9 Å². The molecule has 0 spiro atoms. The van der Waals surface area contributed by atoms with Crippen molar-refractivity contribution in [2.45, 2.75) is 19.5 Å². The van der Waals surface area contributed by atoms with Crippen LogP contribution in [0.1, 0.15) is 12.0 Å². The number of hydrogen-bond donors (Lipinski definition) is 0. The Morgan fingerprint density at radius 1 is 1.19 bits per heavy atom. The normalized spacial score (nSPS) is 15.1. The minimum absolute atomic E-state index is 0.0253. The number of halogens is 2. The van der Waals surface area contributed by atoms with Gasteiger partial charge in [0.1, 0.15) is 0 Å². The second-order valence-electron chi connectivity index (χ2n) is 6.34. The van der Waals surface area contributed by atoms with Crippen LogP contribution in [0.25, 0.3) is 0 Å². The van der Waals surface area contributed by atoms with E-state index in [2.05, 4.69) is 10.00 Å². The number of piperazine rings is 1. The minimum atomic E-state index is -0.551. The zero-order valence-electron chi connectivity index (χ0n) is 14.6. The Kier molecular flexibility index (Phi) is 6.30. The molecule has 0 bridgehead atoms. The summed E-state index contributed by atoms with van der Waals surface area (Å²) in [6.07, 6.45) is 1.78. The smallest absolute Gasteiger partial charge is 0.358 e. The van der Waals surface area contributed by atoms with Gasteiger partial charge in [0, 0.05) is 49.2 Å². The Bertz CT molecular complexity index is 834. The zero-order valence-corrected chi connectivity index (χ0v) is 16.1. The Morgan fingerprint density at radius 3 is 2.56 bits per heavy atom. The largest absolute Gasteiger partial charge is 0.389 e. The number of nitro groups is 1. The van der Waals surface area contributed by atoms with Gasteiger partial charge in [0.2, 0.25) is 5.91 Å². The Morgan fingerprint density at radius 2 is 1.93 bits per heavy atom. The van der Waals surface area contributed by atoms with Gasteiger partial charge in [0.25, 0.3) is 0 Å². The minimum Gasteiger partial charge on any atom is -0.358 e. The lowest BCUT2D eigenvalue weighted by atomic mass is 10.2. The van der Waals surface area contributed by atoms with E-state index in [1.54, 1.807) is 6.07 Å². The van der Waals surface area contributed by atoms with Crippen LogP contribution in [0.4, 0.5) is 5.82 Å². The second-order valence-corrected chi connectivity index (χ2v) is 7.18. The fraction of sp³-hybridized carbons (Fsp3) is 0.412. The van der Waals surface area contributed by atoms with Gasteiger partial charge in [-0.15, -0.1) is 0 Å². The van der Waals surface area contributed by atoms with Gasteiger partial charge < -0.3 is 15.0 Å². The third-order valence-electron chi connectivity index (χ3n) is 4.50. The maximum absolute atomic E-state index is 12.4. The quantitative estimate of drug-likeness (QED) is 0.538. The van der Waals surface area contributed by atoms with E-state index < -0.39 is 4.92 Å². The van der Waals surface area contributed by atoms with Crippen LogP contribution in [0, 0.1) is 10.1 Å². The molecule has 0 aliphatic carbocycles. The summed E-state index contributed by atoms with van der Waals surface area (Å²) < 4.78 is 1.43. The van der Waals surface area contributed by atoms with Gasteiger partial charge in [0.05, 0.1) is 23.9 Å². The molecule has 1 saturated heterocycles. The first kappa shape index (κ1) is 19.6. The highest BCUT2D eigenvalue weighted by molar-refractivity contribution is 6.35. The van der Waals surface area contributed by atoms with Crippen molar-refractivity contribution in [1.29, 1.82) is 0 Å². The summed E-state index contributed by atoms with van der Waals surface area (Å²) in [6, 6.07) is 6.80. The summed E-state index contributed by atoms with van der Waals surface area (Å²) in [4.78, 5) is 26.5. The molecule has 0 atom stereocenters. The lowest BCUT2D eigenvalue weighted by Gasteiger charge is -2.35. The molecule has 2 aromatic rings. The first-order valence-electron chi connectivity index (χ1n) is 8.54. The van der Waals surface area contributed by atoms with E-state index in [1.807, 2.05) is 17.0 Å². The van der Waals surface area contributed by atoms with Crippen molar-refractivity contribution in [3.05, 3.63) is 56.2 Å². The number of benzene rings is 1. The van der Waals surface area contributed by atoms with E-state index in [0.29, 0.717) is 29.7 Å². The third kappa shape index (κ3) is 5.18. The van der Waals surface area contributed by atoms with Crippen LogP contribution in [0.3, 0.4) is 0 Å². The summed E-state index contributed by atoms with van der Waals surface area (Å²) >= 11 is 12.1. The molecule has 0 unspecified atom stereocenters. The number of aryl methyl sites for hydroxylation is 1. The van der Waals surface area contributed by atoms with Crippen molar-refractivity contribution in [3.8, 4) is 0 Å². The van der Waals surface area contributed by atoms with E-state index in [0.717, 1.165) is 25.2 Å². The molecule has 2 heterocycles. The lowest BCUT2D eigenvalue weighted by molar-refractivity contribution is -0.389. The number of rotatable bonds is 6. The number of carbonyl (C=O) groups is 1. The maximum atomic E-state index is 12.4. The number of nitrogens with zero attached hydrogens (tertiary/aromatic N) is 5. The van der Waals surface area contributed by atoms with Crippen LogP contribution in [0.15, 0.2) is 30.5 Å². The van der Waals surface area contributed by atoms with Crippen LogP contribution in [0.2, 0.25) is 10.0 Å². The third-order valence-corrected chi connectivity index (χ3v) is 5.09. The van der Waals surface area contributed by atoms with Crippen molar-refractivity contribution < 1.29 is 9.72 Å². The maximum Gasteiger partial charge on any atom is 0.389 e. The standard InChI is InChI=1S/C17H19Cl2N5O3/c18-14-2-1-13(15(19)11-14)12-21-7-9-22(10-8-21)17(25)4-6-23-5-3-16(20-23)24(26)27/h1-3,5,11H,4,6-10,12H2.